The van der Waals surface area contributed by atoms with Crippen molar-refractivity contribution in [2.45, 2.75) is 26.8 Å². The molecule has 0 fully saturated rings. The maximum Gasteiger partial charge on any atom is 0.0589 e. The Morgan fingerprint density at radius 3 is 1.88 bits per heavy atom. The first kappa shape index (κ1) is 16.8. The Balaban J connectivity index is 3.73. The lowest BCUT2D eigenvalue weighted by atomic mass is 10.1. The van der Waals surface area contributed by atoms with Crippen LogP contribution in [0.3, 0.4) is 0 Å². The molecule has 104 valence electrons. The minimum Gasteiger partial charge on any atom is -0.383 e. The summed E-state index contributed by atoms with van der Waals surface area (Å²) in [6.45, 7) is 12.3. The van der Waals surface area contributed by atoms with Gasteiger partial charge in [-0.2, -0.15) is 0 Å². The number of rotatable bonds is 11. The summed E-state index contributed by atoms with van der Waals surface area (Å²) in [7, 11) is 3.49. The third-order valence-electron chi connectivity index (χ3n) is 3.12. The highest BCUT2D eigenvalue weighted by atomic mass is 16.5. The molecule has 0 aromatic carbocycles. The van der Waals surface area contributed by atoms with Crippen LogP contribution in [-0.4, -0.2) is 64.6 Å². The van der Waals surface area contributed by atoms with E-state index in [0.717, 1.165) is 39.4 Å². The molecule has 0 aliphatic rings. The smallest absolute Gasteiger partial charge is 0.0589 e. The van der Waals surface area contributed by atoms with E-state index in [0.29, 0.717) is 12.0 Å². The predicted octanol–water partition coefficient (Wildman–Crippen LogP) is 1.22. The summed E-state index contributed by atoms with van der Waals surface area (Å²) in [6.07, 6.45) is 0. The van der Waals surface area contributed by atoms with E-state index in [2.05, 4.69) is 31.0 Å². The van der Waals surface area contributed by atoms with Crippen molar-refractivity contribution in [1.82, 2.24) is 10.2 Å². The maximum absolute atomic E-state index is 5.12. The first-order chi connectivity index (χ1) is 8.11. The third-order valence-corrected chi connectivity index (χ3v) is 3.12. The molecule has 1 atom stereocenters. The molecule has 4 nitrogen and oxygen atoms in total. The molecule has 1 unspecified atom stereocenters. The van der Waals surface area contributed by atoms with Gasteiger partial charge in [-0.1, -0.05) is 13.8 Å². The van der Waals surface area contributed by atoms with Gasteiger partial charge in [-0.15, -0.1) is 0 Å². The van der Waals surface area contributed by atoms with Crippen LogP contribution in [0.1, 0.15) is 20.8 Å². The van der Waals surface area contributed by atoms with Gasteiger partial charge in [-0.3, -0.25) is 4.90 Å². The monoisotopic (exact) mass is 246 g/mol. The van der Waals surface area contributed by atoms with E-state index in [1.165, 1.54) is 0 Å². The average molecular weight is 246 g/mol. The van der Waals surface area contributed by atoms with Gasteiger partial charge in [-0.05, 0) is 12.8 Å². The van der Waals surface area contributed by atoms with Gasteiger partial charge in [-0.25, -0.2) is 0 Å². The van der Waals surface area contributed by atoms with Gasteiger partial charge < -0.3 is 14.8 Å². The highest BCUT2D eigenvalue weighted by Gasteiger charge is 2.08. The van der Waals surface area contributed by atoms with Crippen molar-refractivity contribution in [3.05, 3.63) is 0 Å². The van der Waals surface area contributed by atoms with E-state index in [4.69, 9.17) is 9.47 Å². The number of nitrogens with zero attached hydrogens (tertiary/aromatic N) is 1. The molecule has 0 aromatic rings. The minimum atomic E-state index is 0.571. The molecule has 0 rings (SSSR count). The maximum atomic E-state index is 5.12. The number of hydrogen-bond acceptors (Lipinski definition) is 4. The van der Waals surface area contributed by atoms with Crippen molar-refractivity contribution < 1.29 is 9.47 Å². The van der Waals surface area contributed by atoms with E-state index >= 15 is 0 Å². The van der Waals surface area contributed by atoms with Crippen LogP contribution in [0.25, 0.3) is 0 Å². The van der Waals surface area contributed by atoms with E-state index in [1.807, 2.05) is 0 Å². The van der Waals surface area contributed by atoms with Crippen molar-refractivity contribution in [2.75, 3.05) is 53.6 Å². The van der Waals surface area contributed by atoms with E-state index in [-0.39, 0.29) is 0 Å². The summed E-state index contributed by atoms with van der Waals surface area (Å²) in [5.74, 6) is 0.682. The SMILES string of the molecule is COCCN(CCNC(C)C(C)C)CCOC. The van der Waals surface area contributed by atoms with Gasteiger partial charge in [0.25, 0.3) is 0 Å². The highest BCUT2D eigenvalue weighted by Crippen LogP contribution is 1.99. The Labute approximate surface area is 107 Å². The highest BCUT2D eigenvalue weighted by molar-refractivity contribution is 4.66. The van der Waals surface area contributed by atoms with Gasteiger partial charge in [0, 0.05) is 46.4 Å². The quantitative estimate of drug-likeness (QED) is 0.594. The second-order valence-electron chi connectivity index (χ2n) is 4.81. The lowest BCUT2D eigenvalue weighted by Crippen LogP contribution is -2.40. The lowest BCUT2D eigenvalue weighted by molar-refractivity contribution is 0.114. The van der Waals surface area contributed by atoms with Gasteiger partial charge in [0.05, 0.1) is 13.2 Å². The standard InChI is InChI=1S/C13H30N2O2/c1-12(2)13(3)14-6-7-15(8-10-16-4)9-11-17-5/h12-14H,6-11H2,1-5H3. The molecule has 0 aromatic heterocycles. The normalized spacial score (nSPS) is 13.6. The molecule has 0 saturated carbocycles. The third kappa shape index (κ3) is 9.53. The van der Waals surface area contributed by atoms with Gasteiger partial charge >= 0.3 is 0 Å². The van der Waals surface area contributed by atoms with Crippen molar-refractivity contribution in [2.24, 2.45) is 5.92 Å². The van der Waals surface area contributed by atoms with E-state index < -0.39 is 0 Å². The molecule has 0 aliphatic heterocycles. The zero-order valence-corrected chi connectivity index (χ0v) is 12.2. The van der Waals surface area contributed by atoms with Gasteiger partial charge in [0.1, 0.15) is 0 Å². The largest absolute Gasteiger partial charge is 0.383 e. The molecule has 0 bridgehead atoms. The molecule has 0 heterocycles. The zero-order chi connectivity index (χ0) is 13.1. The second kappa shape index (κ2) is 11.0. The first-order valence-electron chi connectivity index (χ1n) is 6.55. The Morgan fingerprint density at radius 2 is 1.47 bits per heavy atom. The Hall–Kier alpha value is -0.160. The van der Waals surface area contributed by atoms with Crippen LogP contribution in [0.2, 0.25) is 0 Å². The number of ether oxygens (including phenoxy) is 2. The predicted molar refractivity (Wildman–Crippen MR) is 72.5 cm³/mol. The van der Waals surface area contributed by atoms with Crippen LogP contribution in [0.15, 0.2) is 0 Å². The van der Waals surface area contributed by atoms with Crippen molar-refractivity contribution in [1.29, 1.82) is 0 Å². The van der Waals surface area contributed by atoms with Crippen LogP contribution in [0.4, 0.5) is 0 Å². The molecule has 0 radical (unpaired) electrons. The molecule has 1 N–H and O–H groups in total. The Morgan fingerprint density at radius 1 is 0.941 bits per heavy atom. The summed E-state index contributed by atoms with van der Waals surface area (Å²) < 4.78 is 10.2. The topological polar surface area (TPSA) is 33.7 Å². The van der Waals surface area contributed by atoms with Crippen molar-refractivity contribution >= 4 is 0 Å². The van der Waals surface area contributed by atoms with E-state index in [9.17, 15) is 0 Å². The zero-order valence-electron chi connectivity index (χ0n) is 12.2. The van der Waals surface area contributed by atoms with E-state index in [1.54, 1.807) is 14.2 Å². The van der Waals surface area contributed by atoms with Crippen molar-refractivity contribution in [3.63, 3.8) is 0 Å². The molecule has 17 heavy (non-hydrogen) atoms. The molecular weight excluding hydrogens is 216 g/mol. The first-order valence-corrected chi connectivity index (χ1v) is 6.55. The molecule has 0 aliphatic carbocycles. The molecule has 0 spiro atoms. The fourth-order valence-electron chi connectivity index (χ4n) is 1.46. The van der Waals surface area contributed by atoms with Crippen LogP contribution >= 0.6 is 0 Å². The summed E-state index contributed by atoms with van der Waals surface area (Å²) in [5.41, 5.74) is 0. The minimum absolute atomic E-state index is 0.571. The van der Waals surface area contributed by atoms with Crippen molar-refractivity contribution in [3.8, 4) is 0 Å². The van der Waals surface area contributed by atoms with Crippen LogP contribution in [-0.2, 0) is 9.47 Å². The molecule has 0 amide bonds. The molecular formula is C13H30N2O2. The Bertz CT molecular complexity index is 157. The fraction of sp³-hybridized carbons (Fsp3) is 1.00. The molecule has 0 saturated heterocycles. The number of methoxy groups -OCH3 is 2. The van der Waals surface area contributed by atoms with Crippen LogP contribution in [0, 0.1) is 5.92 Å². The summed E-state index contributed by atoms with van der Waals surface area (Å²) in [6, 6.07) is 0.571. The Kier molecular flexibility index (Phi) is 10.9. The summed E-state index contributed by atoms with van der Waals surface area (Å²) in [4.78, 5) is 2.37. The van der Waals surface area contributed by atoms with Gasteiger partial charge in [0.2, 0.25) is 0 Å². The summed E-state index contributed by atoms with van der Waals surface area (Å²) >= 11 is 0. The average Bonchev–Trinajstić information content (AvgIpc) is 2.31. The molecule has 4 heteroatoms. The number of hydrogen-bond donors (Lipinski definition) is 1. The van der Waals surface area contributed by atoms with Crippen LogP contribution in [0.5, 0.6) is 0 Å². The summed E-state index contributed by atoms with van der Waals surface area (Å²) in [5, 5.41) is 3.54. The number of nitrogens with one attached hydrogen (secondary N) is 1. The van der Waals surface area contributed by atoms with Crippen LogP contribution < -0.4 is 5.32 Å². The second-order valence-corrected chi connectivity index (χ2v) is 4.81. The van der Waals surface area contributed by atoms with Gasteiger partial charge in [0.15, 0.2) is 0 Å². The lowest BCUT2D eigenvalue weighted by Gasteiger charge is -2.24. The fourth-order valence-corrected chi connectivity index (χ4v) is 1.46.